The molecule has 1 heteroatoms. The van der Waals surface area contributed by atoms with Gasteiger partial charge in [-0.3, -0.25) is 0 Å². The fraction of sp³-hybridized carbons (Fsp3) is 0.333. The fourth-order valence-electron chi connectivity index (χ4n) is 5.63. The topological polar surface area (TPSA) is 0 Å². The van der Waals surface area contributed by atoms with Gasteiger partial charge in [0.05, 0.1) is 0 Å². The summed E-state index contributed by atoms with van der Waals surface area (Å²) in [5.41, 5.74) is 4.77. The van der Waals surface area contributed by atoms with Crippen molar-refractivity contribution in [2.75, 3.05) is 6.16 Å². The van der Waals surface area contributed by atoms with Crippen LogP contribution in [0.2, 0.25) is 0 Å². The highest BCUT2D eigenvalue weighted by Crippen LogP contribution is 2.46. The van der Waals surface area contributed by atoms with Gasteiger partial charge in [0.2, 0.25) is 0 Å². The lowest BCUT2D eigenvalue weighted by atomic mass is 9.78. The first kappa shape index (κ1) is 20.7. The minimum Gasteiger partial charge on any atom is -0.0729 e. The Morgan fingerprint density at radius 3 is 1.97 bits per heavy atom. The average molecular weight is 425 g/mol. The predicted molar refractivity (Wildman–Crippen MR) is 137 cm³/mol. The summed E-state index contributed by atoms with van der Waals surface area (Å²) in [7, 11) is -0.289. The van der Waals surface area contributed by atoms with E-state index in [1.807, 2.05) is 0 Å². The minimum atomic E-state index is -0.289. The molecule has 31 heavy (non-hydrogen) atoms. The lowest BCUT2D eigenvalue weighted by molar-refractivity contribution is 0.334. The standard InChI is InChI=1S/C30H33P/c1-4-13-24(14-5-1)30-23-25(28-20-10-11-21-29(28)30)15-12-22-31(26-16-6-2-7-17-26)27-18-8-3-9-19-27/h2-3,6-11,16-21,23-24,30H,1,4-5,12-15,22H2. The van der Waals surface area contributed by atoms with Gasteiger partial charge >= 0.3 is 0 Å². The second kappa shape index (κ2) is 9.97. The van der Waals surface area contributed by atoms with Gasteiger partial charge in [0, 0.05) is 5.92 Å². The number of fused-ring (bicyclic) bond motifs is 1. The van der Waals surface area contributed by atoms with E-state index in [1.165, 1.54) is 61.7 Å². The van der Waals surface area contributed by atoms with Gasteiger partial charge in [-0.15, -0.1) is 0 Å². The third kappa shape index (κ3) is 4.70. The van der Waals surface area contributed by atoms with E-state index in [9.17, 15) is 0 Å². The SMILES string of the molecule is C1=C(CCCP(c2ccccc2)c2ccccc2)c2ccccc2C1C1CCCCC1. The Morgan fingerprint density at radius 2 is 1.29 bits per heavy atom. The van der Waals surface area contributed by atoms with Crippen LogP contribution in [0.1, 0.15) is 62.0 Å². The molecule has 0 N–H and O–H groups in total. The molecule has 0 spiro atoms. The molecule has 0 nitrogen and oxygen atoms in total. The predicted octanol–water partition coefficient (Wildman–Crippen LogP) is 7.66. The molecular weight excluding hydrogens is 391 g/mol. The van der Waals surface area contributed by atoms with Crippen molar-refractivity contribution < 1.29 is 0 Å². The Labute approximate surface area is 189 Å². The van der Waals surface area contributed by atoms with Crippen molar-refractivity contribution in [2.45, 2.75) is 50.9 Å². The molecule has 158 valence electrons. The first-order valence-corrected chi connectivity index (χ1v) is 13.6. The van der Waals surface area contributed by atoms with Crippen LogP contribution in [-0.2, 0) is 0 Å². The Balaban J connectivity index is 1.32. The summed E-state index contributed by atoms with van der Waals surface area (Å²) < 4.78 is 0. The molecule has 0 bridgehead atoms. The molecule has 0 aromatic heterocycles. The lowest BCUT2D eigenvalue weighted by Crippen LogP contribution is -2.13. The van der Waals surface area contributed by atoms with Crippen molar-refractivity contribution in [2.24, 2.45) is 5.92 Å². The molecule has 1 saturated carbocycles. The molecule has 1 fully saturated rings. The van der Waals surface area contributed by atoms with Crippen LogP contribution in [0.15, 0.2) is 91.0 Å². The Morgan fingerprint density at radius 1 is 0.677 bits per heavy atom. The van der Waals surface area contributed by atoms with Gasteiger partial charge in [0.15, 0.2) is 0 Å². The monoisotopic (exact) mass is 424 g/mol. The summed E-state index contributed by atoms with van der Waals surface area (Å²) in [4.78, 5) is 0. The van der Waals surface area contributed by atoms with E-state index in [-0.39, 0.29) is 7.92 Å². The maximum absolute atomic E-state index is 2.66. The van der Waals surface area contributed by atoms with Gasteiger partial charge in [0.25, 0.3) is 0 Å². The van der Waals surface area contributed by atoms with Gasteiger partial charge < -0.3 is 0 Å². The highest BCUT2D eigenvalue weighted by molar-refractivity contribution is 7.73. The van der Waals surface area contributed by atoms with Gasteiger partial charge in [-0.2, -0.15) is 0 Å². The zero-order valence-corrected chi connectivity index (χ0v) is 19.3. The smallest absolute Gasteiger partial charge is 0.00583 e. The largest absolute Gasteiger partial charge is 0.0729 e. The summed E-state index contributed by atoms with van der Waals surface area (Å²) in [5, 5.41) is 3.01. The number of hydrogen-bond donors (Lipinski definition) is 0. The molecule has 0 aliphatic heterocycles. The van der Waals surface area contributed by atoms with Gasteiger partial charge in [0.1, 0.15) is 0 Å². The summed E-state index contributed by atoms with van der Waals surface area (Å²) in [5.74, 6) is 1.52. The number of rotatable bonds is 7. The van der Waals surface area contributed by atoms with Crippen LogP contribution >= 0.6 is 7.92 Å². The van der Waals surface area contributed by atoms with Crippen LogP contribution in [0, 0.1) is 5.92 Å². The van der Waals surface area contributed by atoms with Crippen molar-refractivity contribution >= 4 is 24.1 Å². The number of allylic oxidation sites excluding steroid dienone is 2. The third-order valence-corrected chi connectivity index (χ3v) is 9.77. The third-order valence-electron chi connectivity index (χ3n) is 7.17. The molecule has 0 saturated heterocycles. The zero-order valence-electron chi connectivity index (χ0n) is 18.4. The molecule has 1 unspecified atom stereocenters. The van der Waals surface area contributed by atoms with Crippen LogP contribution in [0.25, 0.3) is 5.57 Å². The molecule has 3 aromatic carbocycles. The Bertz CT molecular complexity index is 959. The van der Waals surface area contributed by atoms with Crippen LogP contribution < -0.4 is 10.6 Å². The van der Waals surface area contributed by atoms with E-state index in [4.69, 9.17) is 0 Å². The van der Waals surface area contributed by atoms with Crippen molar-refractivity contribution in [1.82, 2.24) is 0 Å². The normalized spacial score (nSPS) is 18.7. The van der Waals surface area contributed by atoms with Crippen LogP contribution in [0.4, 0.5) is 0 Å². The van der Waals surface area contributed by atoms with Gasteiger partial charge in [-0.05, 0) is 73.0 Å². The highest BCUT2D eigenvalue weighted by Gasteiger charge is 2.30. The quantitative estimate of drug-likeness (QED) is 0.342. The summed E-state index contributed by atoms with van der Waals surface area (Å²) >= 11 is 0. The maximum Gasteiger partial charge on any atom is 0.00583 e. The molecule has 2 aliphatic carbocycles. The van der Waals surface area contributed by atoms with Crippen molar-refractivity contribution in [3.8, 4) is 0 Å². The van der Waals surface area contributed by atoms with Gasteiger partial charge in [-0.25, -0.2) is 0 Å². The average Bonchev–Trinajstić information content (AvgIpc) is 3.22. The van der Waals surface area contributed by atoms with Crippen LogP contribution in [-0.4, -0.2) is 6.16 Å². The molecule has 0 radical (unpaired) electrons. The molecule has 3 aromatic rings. The van der Waals surface area contributed by atoms with Crippen molar-refractivity contribution in [3.63, 3.8) is 0 Å². The first-order chi connectivity index (χ1) is 15.4. The second-order valence-electron chi connectivity index (χ2n) is 9.13. The summed E-state index contributed by atoms with van der Waals surface area (Å²) in [6.45, 7) is 0. The van der Waals surface area contributed by atoms with E-state index in [1.54, 1.807) is 16.7 Å². The van der Waals surface area contributed by atoms with E-state index >= 15 is 0 Å². The highest BCUT2D eigenvalue weighted by atomic mass is 31.1. The Hall–Kier alpha value is -2.17. The zero-order chi connectivity index (χ0) is 20.9. The maximum atomic E-state index is 2.66. The molecule has 2 aliphatic rings. The van der Waals surface area contributed by atoms with E-state index in [2.05, 4.69) is 91.0 Å². The van der Waals surface area contributed by atoms with E-state index < -0.39 is 0 Å². The molecular formula is C30H33P. The van der Waals surface area contributed by atoms with E-state index in [0.717, 1.165) is 5.92 Å². The van der Waals surface area contributed by atoms with Crippen LogP contribution in [0.5, 0.6) is 0 Å². The molecule has 1 atom stereocenters. The lowest BCUT2D eigenvalue weighted by Gasteiger charge is -2.27. The van der Waals surface area contributed by atoms with Crippen LogP contribution in [0.3, 0.4) is 0 Å². The molecule has 0 amide bonds. The summed E-state index contributed by atoms with van der Waals surface area (Å²) in [6.07, 6.45) is 13.5. The van der Waals surface area contributed by atoms with Crippen molar-refractivity contribution in [3.05, 3.63) is 102 Å². The van der Waals surface area contributed by atoms with Gasteiger partial charge in [-0.1, -0.05) is 110 Å². The number of hydrogen-bond acceptors (Lipinski definition) is 0. The first-order valence-electron chi connectivity index (χ1n) is 12.1. The second-order valence-corrected chi connectivity index (χ2v) is 11.5. The fourth-order valence-corrected chi connectivity index (χ4v) is 7.98. The minimum absolute atomic E-state index is 0.289. The number of benzene rings is 3. The molecule has 5 rings (SSSR count). The molecule has 0 heterocycles. The Kier molecular flexibility index (Phi) is 6.66. The summed E-state index contributed by atoms with van der Waals surface area (Å²) in [6, 6.07) is 31.6. The van der Waals surface area contributed by atoms with Crippen molar-refractivity contribution in [1.29, 1.82) is 0 Å². The van der Waals surface area contributed by atoms with E-state index in [0.29, 0.717) is 5.92 Å².